The highest BCUT2D eigenvalue weighted by Crippen LogP contribution is 2.13. The number of hydrogen-bond donors (Lipinski definition) is 1. The molecule has 1 heterocycles. The summed E-state index contributed by atoms with van der Waals surface area (Å²) >= 11 is 0. The summed E-state index contributed by atoms with van der Waals surface area (Å²) in [4.78, 5) is 14.5. The van der Waals surface area contributed by atoms with Crippen molar-refractivity contribution in [1.29, 1.82) is 0 Å². The molecule has 1 rings (SSSR count). The first kappa shape index (κ1) is 11.2. The summed E-state index contributed by atoms with van der Waals surface area (Å²) < 4.78 is 4.96. The van der Waals surface area contributed by atoms with Crippen molar-refractivity contribution in [3.8, 4) is 5.88 Å². The van der Waals surface area contributed by atoms with E-state index in [1.807, 2.05) is 13.0 Å². The Morgan fingerprint density at radius 1 is 1.60 bits per heavy atom. The first-order valence-corrected chi connectivity index (χ1v) is 4.53. The normalized spacial score (nSPS) is 10.5. The maximum atomic E-state index is 10.3. The average Bonchev–Trinajstić information content (AvgIpc) is 2.20. The topological polar surface area (TPSA) is 59.4 Å². The molecule has 0 bridgehead atoms. The third-order valence-electron chi connectivity index (χ3n) is 1.90. The SMILES string of the molecule is COc1ccc(C=CCC(=O)O)c(C)n1. The number of aryl methyl sites for hydroxylation is 1. The standard InChI is InChI=1S/C11H13NO3/c1-8-9(4-3-5-11(13)14)6-7-10(12-8)15-2/h3-4,6-7H,5H2,1-2H3,(H,13,14). The van der Waals surface area contributed by atoms with Gasteiger partial charge in [0.2, 0.25) is 5.88 Å². The Kier molecular flexibility index (Phi) is 3.85. The molecule has 0 fully saturated rings. The Morgan fingerprint density at radius 3 is 2.87 bits per heavy atom. The number of methoxy groups -OCH3 is 1. The lowest BCUT2D eigenvalue weighted by Gasteiger charge is -2.02. The van der Waals surface area contributed by atoms with E-state index in [0.717, 1.165) is 11.3 Å². The van der Waals surface area contributed by atoms with Crippen molar-refractivity contribution in [3.63, 3.8) is 0 Å². The smallest absolute Gasteiger partial charge is 0.307 e. The summed E-state index contributed by atoms with van der Waals surface area (Å²) in [5.41, 5.74) is 1.72. The summed E-state index contributed by atoms with van der Waals surface area (Å²) in [5, 5.41) is 8.46. The van der Waals surface area contributed by atoms with Gasteiger partial charge >= 0.3 is 5.97 Å². The molecule has 0 unspecified atom stereocenters. The number of aromatic nitrogens is 1. The van der Waals surface area contributed by atoms with Crippen LogP contribution in [0.25, 0.3) is 6.08 Å². The first-order valence-electron chi connectivity index (χ1n) is 4.53. The second kappa shape index (κ2) is 5.14. The van der Waals surface area contributed by atoms with Crippen LogP contribution in [0.4, 0.5) is 0 Å². The second-order valence-electron chi connectivity index (χ2n) is 3.03. The second-order valence-corrected chi connectivity index (χ2v) is 3.03. The predicted octanol–water partition coefficient (Wildman–Crippen LogP) is 1.89. The van der Waals surface area contributed by atoms with Crippen LogP contribution < -0.4 is 4.74 Å². The maximum Gasteiger partial charge on any atom is 0.307 e. The van der Waals surface area contributed by atoms with Gasteiger partial charge in [-0.2, -0.15) is 0 Å². The van der Waals surface area contributed by atoms with Gasteiger partial charge in [-0.05, 0) is 18.6 Å². The summed E-state index contributed by atoms with van der Waals surface area (Å²) in [5.74, 6) is -0.284. The van der Waals surface area contributed by atoms with Crippen LogP contribution in [0.2, 0.25) is 0 Å². The monoisotopic (exact) mass is 207 g/mol. The van der Waals surface area contributed by atoms with Gasteiger partial charge in [0.1, 0.15) is 0 Å². The molecular formula is C11H13NO3. The molecule has 1 aromatic heterocycles. The summed E-state index contributed by atoms with van der Waals surface area (Å²) in [6.45, 7) is 1.85. The number of ether oxygens (including phenoxy) is 1. The number of carboxylic acids is 1. The minimum atomic E-state index is -0.842. The van der Waals surface area contributed by atoms with E-state index in [1.54, 1.807) is 25.3 Å². The van der Waals surface area contributed by atoms with Crippen LogP contribution in [-0.2, 0) is 4.79 Å². The minimum Gasteiger partial charge on any atom is -0.481 e. The fourth-order valence-electron chi connectivity index (χ4n) is 1.13. The summed E-state index contributed by atoms with van der Waals surface area (Å²) in [6.07, 6.45) is 3.36. The molecule has 0 aliphatic carbocycles. The van der Waals surface area contributed by atoms with E-state index < -0.39 is 5.97 Å². The molecular weight excluding hydrogens is 194 g/mol. The Hall–Kier alpha value is -1.84. The highest BCUT2D eigenvalue weighted by atomic mass is 16.5. The lowest BCUT2D eigenvalue weighted by atomic mass is 10.2. The zero-order valence-electron chi connectivity index (χ0n) is 8.73. The molecule has 15 heavy (non-hydrogen) atoms. The van der Waals surface area contributed by atoms with E-state index >= 15 is 0 Å². The van der Waals surface area contributed by atoms with E-state index in [-0.39, 0.29) is 6.42 Å². The average molecular weight is 207 g/mol. The van der Waals surface area contributed by atoms with Crippen molar-refractivity contribution < 1.29 is 14.6 Å². The molecule has 0 saturated carbocycles. The van der Waals surface area contributed by atoms with Crippen molar-refractivity contribution in [3.05, 3.63) is 29.5 Å². The zero-order valence-corrected chi connectivity index (χ0v) is 8.73. The molecule has 0 aliphatic heterocycles. The fraction of sp³-hybridized carbons (Fsp3) is 0.273. The van der Waals surface area contributed by atoms with Crippen LogP contribution in [0, 0.1) is 6.92 Å². The molecule has 1 N–H and O–H groups in total. The number of hydrogen-bond acceptors (Lipinski definition) is 3. The van der Waals surface area contributed by atoms with Crippen LogP contribution >= 0.6 is 0 Å². The van der Waals surface area contributed by atoms with Gasteiger partial charge in [-0.1, -0.05) is 12.2 Å². The van der Waals surface area contributed by atoms with Gasteiger partial charge in [0.15, 0.2) is 0 Å². The molecule has 0 saturated heterocycles. The Bertz CT molecular complexity index is 385. The molecule has 0 aliphatic rings. The van der Waals surface area contributed by atoms with Crippen molar-refractivity contribution in [1.82, 2.24) is 4.98 Å². The fourth-order valence-corrected chi connectivity index (χ4v) is 1.13. The third kappa shape index (κ3) is 3.42. The molecule has 0 radical (unpaired) electrons. The van der Waals surface area contributed by atoms with E-state index in [9.17, 15) is 4.79 Å². The largest absolute Gasteiger partial charge is 0.481 e. The summed E-state index contributed by atoms with van der Waals surface area (Å²) in [7, 11) is 1.56. The van der Waals surface area contributed by atoms with Crippen LogP contribution in [0.1, 0.15) is 17.7 Å². The number of rotatable bonds is 4. The number of aliphatic carboxylic acids is 1. The molecule has 4 heteroatoms. The Morgan fingerprint density at radius 2 is 2.33 bits per heavy atom. The van der Waals surface area contributed by atoms with Gasteiger partial charge in [0.25, 0.3) is 0 Å². The van der Waals surface area contributed by atoms with E-state index in [1.165, 1.54) is 0 Å². The first-order chi connectivity index (χ1) is 7.13. The maximum absolute atomic E-state index is 10.3. The molecule has 0 aromatic carbocycles. The van der Waals surface area contributed by atoms with Crippen molar-refractivity contribution in [2.75, 3.05) is 7.11 Å². The van der Waals surface area contributed by atoms with E-state index in [4.69, 9.17) is 9.84 Å². The molecule has 4 nitrogen and oxygen atoms in total. The lowest BCUT2D eigenvalue weighted by molar-refractivity contribution is -0.135. The van der Waals surface area contributed by atoms with Crippen LogP contribution in [0.5, 0.6) is 5.88 Å². The van der Waals surface area contributed by atoms with Crippen molar-refractivity contribution in [2.45, 2.75) is 13.3 Å². The van der Waals surface area contributed by atoms with Gasteiger partial charge in [-0.15, -0.1) is 0 Å². The van der Waals surface area contributed by atoms with Gasteiger partial charge in [-0.3, -0.25) is 4.79 Å². The molecule has 1 aromatic rings. The van der Waals surface area contributed by atoms with Crippen LogP contribution in [-0.4, -0.2) is 23.2 Å². The number of carboxylic acid groups (broad SMARTS) is 1. The van der Waals surface area contributed by atoms with Crippen LogP contribution in [0.15, 0.2) is 18.2 Å². The predicted molar refractivity (Wildman–Crippen MR) is 56.8 cm³/mol. The van der Waals surface area contributed by atoms with Gasteiger partial charge in [-0.25, -0.2) is 4.98 Å². The van der Waals surface area contributed by atoms with Gasteiger partial charge in [0, 0.05) is 11.8 Å². The Balaban J connectivity index is 2.78. The van der Waals surface area contributed by atoms with Crippen LogP contribution in [0.3, 0.4) is 0 Å². The van der Waals surface area contributed by atoms with Gasteiger partial charge < -0.3 is 9.84 Å². The minimum absolute atomic E-state index is 0.0193. The lowest BCUT2D eigenvalue weighted by Crippen LogP contribution is -1.92. The van der Waals surface area contributed by atoms with Crippen molar-refractivity contribution in [2.24, 2.45) is 0 Å². The zero-order chi connectivity index (χ0) is 11.3. The number of carbonyl (C=O) groups is 1. The van der Waals surface area contributed by atoms with Crippen molar-refractivity contribution >= 4 is 12.0 Å². The number of nitrogens with zero attached hydrogens (tertiary/aromatic N) is 1. The third-order valence-corrected chi connectivity index (χ3v) is 1.90. The molecule has 0 amide bonds. The Labute approximate surface area is 88.2 Å². The highest BCUT2D eigenvalue weighted by Gasteiger charge is 1.98. The highest BCUT2D eigenvalue weighted by molar-refractivity contribution is 5.70. The molecule has 0 spiro atoms. The molecule has 0 atom stereocenters. The quantitative estimate of drug-likeness (QED) is 0.819. The number of pyridine rings is 1. The van der Waals surface area contributed by atoms with E-state index in [2.05, 4.69) is 4.98 Å². The molecule has 80 valence electrons. The van der Waals surface area contributed by atoms with Gasteiger partial charge in [0.05, 0.1) is 13.5 Å². The summed E-state index contributed by atoms with van der Waals surface area (Å²) in [6, 6.07) is 3.59. The van der Waals surface area contributed by atoms with E-state index in [0.29, 0.717) is 5.88 Å².